The molecule has 0 saturated carbocycles. The summed E-state index contributed by atoms with van der Waals surface area (Å²) in [6, 6.07) is 22.1. The summed E-state index contributed by atoms with van der Waals surface area (Å²) in [5.74, 6) is 1.99. The van der Waals surface area contributed by atoms with Crippen molar-refractivity contribution in [3.63, 3.8) is 0 Å². The predicted octanol–water partition coefficient (Wildman–Crippen LogP) is 5.60. The Bertz CT molecular complexity index is 1160. The van der Waals surface area contributed by atoms with Gasteiger partial charge in [-0.25, -0.2) is 0 Å². The molecule has 0 aliphatic rings. The Morgan fingerprint density at radius 3 is 2.41 bits per heavy atom. The van der Waals surface area contributed by atoms with E-state index in [1.807, 2.05) is 67.6 Å². The molecular weight excluding hydrogens is 364 g/mol. The second-order valence-electron chi connectivity index (χ2n) is 6.59. The highest BCUT2D eigenvalue weighted by Gasteiger charge is 2.09. The molecule has 0 radical (unpaired) electrons. The molecule has 0 spiro atoms. The number of nitrogens with zero attached hydrogens (tertiary/aromatic N) is 1. The Hall–Kier alpha value is -3.86. The molecule has 1 heterocycles. The average molecular weight is 384 g/mol. The molecule has 1 amide bonds. The van der Waals surface area contributed by atoms with Gasteiger partial charge in [0.15, 0.2) is 0 Å². The minimum absolute atomic E-state index is 0.151. The largest absolute Gasteiger partial charge is 0.496 e. The highest BCUT2D eigenvalue weighted by Crippen LogP contribution is 2.33. The number of methoxy groups -OCH3 is 1. The summed E-state index contributed by atoms with van der Waals surface area (Å²) in [5.41, 5.74) is 3.17. The van der Waals surface area contributed by atoms with Crippen molar-refractivity contribution in [1.82, 2.24) is 4.98 Å². The number of rotatable bonds is 5. The first-order valence-corrected chi connectivity index (χ1v) is 9.22. The Kier molecular flexibility index (Phi) is 5.12. The van der Waals surface area contributed by atoms with Gasteiger partial charge in [0, 0.05) is 22.8 Å². The third-order valence-electron chi connectivity index (χ3n) is 4.59. The summed E-state index contributed by atoms with van der Waals surface area (Å²) in [7, 11) is 1.65. The van der Waals surface area contributed by atoms with Crippen LogP contribution in [-0.2, 0) is 0 Å². The van der Waals surface area contributed by atoms with Gasteiger partial charge in [-0.15, -0.1) is 0 Å². The van der Waals surface area contributed by atoms with Crippen molar-refractivity contribution in [2.75, 3.05) is 12.4 Å². The number of hydrogen-bond donors (Lipinski definition) is 1. The minimum Gasteiger partial charge on any atom is -0.496 e. The van der Waals surface area contributed by atoms with Crippen LogP contribution in [0.3, 0.4) is 0 Å². The molecule has 29 heavy (non-hydrogen) atoms. The second kappa shape index (κ2) is 8.02. The van der Waals surface area contributed by atoms with Gasteiger partial charge in [0.1, 0.15) is 17.2 Å². The van der Waals surface area contributed by atoms with E-state index < -0.39 is 0 Å². The van der Waals surface area contributed by atoms with E-state index in [1.54, 1.807) is 25.4 Å². The standard InChI is InChI=1S/C24H20N2O3/c1-16-14-21-20(15-23(16)28-2)22(12-13-25-21)29-19-10-8-18(9-11-19)26-24(27)17-6-4-3-5-7-17/h3-15H,1-2H3,(H,26,27). The molecule has 1 N–H and O–H groups in total. The number of nitrogens with one attached hydrogen (secondary N) is 1. The lowest BCUT2D eigenvalue weighted by molar-refractivity contribution is 0.102. The van der Waals surface area contributed by atoms with Gasteiger partial charge in [0.05, 0.1) is 12.6 Å². The zero-order valence-electron chi connectivity index (χ0n) is 16.2. The fourth-order valence-corrected chi connectivity index (χ4v) is 3.09. The summed E-state index contributed by atoms with van der Waals surface area (Å²) in [5, 5.41) is 3.75. The lowest BCUT2D eigenvalue weighted by Crippen LogP contribution is -2.11. The van der Waals surface area contributed by atoms with Gasteiger partial charge < -0.3 is 14.8 Å². The van der Waals surface area contributed by atoms with Crippen LogP contribution >= 0.6 is 0 Å². The number of amides is 1. The molecule has 0 fully saturated rings. The lowest BCUT2D eigenvalue weighted by atomic mass is 10.1. The minimum atomic E-state index is -0.151. The molecular formula is C24H20N2O3. The normalized spacial score (nSPS) is 10.6. The van der Waals surface area contributed by atoms with Crippen LogP contribution in [0.25, 0.3) is 10.9 Å². The molecule has 3 aromatic carbocycles. The number of anilines is 1. The molecule has 4 rings (SSSR count). The van der Waals surface area contributed by atoms with Crippen LogP contribution in [0, 0.1) is 6.92 Å². The number of pyridine rings is 1. The van der Waals surface area contributed by atoms with E-state index in [1.165, 1.54) is 0 Å². The molecule has 1 aromatic heterocycles. The summed E-state index contributed by atoms with van der Waals surface area (Å²) in [4.78, 5) is 16.7. The predicted molar refractivity (Wildman–Crippen MR) is 114 cm³/mol. The molecule has 0 atom stereocenters. The van der Waals surface area contributed by atoms with Crippen molar-refractivity contribution >= 4 is 22.5 Å². The van der Waals surface area contributed by atoms with Crippen molar-refractivity contribution in [3.05, 3.63) is 90.1 Å². The van der Waals surface area contributed by atoms with Crippen molar-refractivity contribution in [2.45, 2.75) is 6.92 Å². The smallest absolute Gasteiger partial charge is 0.255 e. The van der Waals surface area contributed by atoms with Gasteiger partial charge in [0.25, 0.3) is 5.91 Å². The zero-order chi connectivity index (χ0) is 20.2. The SMILES string of the molecule is COc1cc2c(Oc3ccc(NC(=O)c4ccccc4)cc3)ccnc2cc1C. The number of aromatic nitrogens is 1. The van der Waals surface area contributed by atoms with Gasteiger partial charge >= 0.3 is 0 Å². The molecule has 4 aromatic rings. The average Bonchev–Trinajstić information content (AvgIpc) is 2.75. The second-order valence-corrected chi connectivity index (χ2v) is 6.59. The van der Waals surface area contributed by atoms with E-state index in [0.717, 1.165) is 22.2 Å². The molecule has 5 heteroatoms. The third kappa shape index (κ3) is 4.04. The quantitative estimate of drug-likeness (QED) is 0.487. The molecule has 0 unspecified atom stereocenters. The highest BCUT2D eigenvalue weighted by molar-refractivity contribution is 6.04. The van der Waals surface area contributed by atoms with Crippen LogP contribution in [0.4, 0.5) is 5.69 Å². The Morgan fingerprint density at radius 2 is 1.69 bits per heavy atom. The number of carbonyl (C=O) groups excluding carboxylic acids is 1. The molecule has 0 saturated heterocycles. The van der Waals surface area contributed by atoms with Crippen molar-refractivity contribution in [2.24, 2.45) is 0 Å². The van der Waals surface area contributed by atoms with Crippen molar-refractivity contribution < 1.29 is 14.3 Å². The lowest BCUT2D eigenvalue weighted by Gasteiger charge is -2.12. The first-order chi connectivity index (χ1) is 14.1. The Morgan fingerprint density at radius 1 is 0.931 bits per heavy atom. The number of benzene rings is 3. The van der Waals surface area contributed by atoms with E-state index in [-0.39, 0.29) is 5.91 Å². The van der Waals surface area contributed by atoms with E-state index in [0.29, 0.717) is 22.7 Å². The van der Waals surface area contributed by atoms with E-state index in [2.05, 4.69) is 10.3 Å². The summed E-state index contributed by atoms with van der Waals surface area (Å²) >= 11 is 0. The highest BCUT2D eigenvalue weighted by atomic mass is 16.5. The number of aryl methyl sites for hydroxylation is 1. The van der Waals surface area contributed by atoms with Crippen LogP contribution in [0.2, 0.25) is 0 Å². The monoisotopic (exact) mass is 384 g/mol. The topological polar surface area (TPSA) is 60.5 Å². The molecule has 0 aliphatic heterocycles. The maximum Gasteiger partial charge on any atom is 0.255 e. The fourth-order valence-electron chi connectivity index (χ4n) is 3.09. The number of fused-ring (bicyclic) bond motifs is 1. The van der Waals surface area contributed by atoms with Crippen molar-refractivity contribution in [1.29, 1.82) is 0 Å². The molecule has 5 nitrogen and oxygen atoms in total. The van der Waals surface area contributed by atoms with Gasteiger partial charge in [0.2, 0.25) is 0 Å². The molecule has 0 aliphatic carbocycles. The maximum atomic E-state index is 12.3. The first-order valence-electron chi connectivity index (χ1n) is 9.22. The summed E-state index contributed by atoms with van der Waals surface area (Å²) < 4.78 is 11.5. The van der Waals surface area contributed by atoms with Crippen LogP contribution < -0.4 is 14.8 Å². The molecule has 144 valence electrons. The summed E-state index contributed by atoms with van der Waals surface area (Å²) in [6.45, 7) is 1.98. The van der Waals surface area contributed by atoms with E-state index in [9.17, 15) is 4.79 Å². The fraction of sp³-hybridized carbons (Fsp3) is 0.0833. The van der Waals surface area contributed by atoms with Crippen LogP contribution in [0.1, 0.15) is 15.9 Å². The van der Waals surface area contributed by atoms with Gasteiger partial charge in [-0.1, -0.05) is 18.2 Å². The van der Waals surface area contributed by atoms with E-state index >= 15 is 0 Å². The van der Waals surface area contributed by atoms with Gasteiger partial charge in [-0.3, -0.25) is 9.78 Å². The first kappa shape index (κ1) is 18.5. The molecule has 0 bridgehead atoms. The number of carbonyl (C=O) groups is 1. The van der Waals surface area contributed by atoms with E-state index in [4.69, 9.17) is 9.47 Å². The van der Waals surface area contributed by atoms with Crippen LogP contribution in [0.15, 0.2) is 79.0 Å². The Labute approximate surface area is 168 Å². The summed E-state index contributed by atoms with van der Waals surface area (Å²) in [6.07, 6.45) is 1.72. The third-order valence-corrected chi connectivity index (χ3v) is 4.59. The number of ether oxygens (including phenoxy) is 2. The maximum absolute atomic E-state index is 12.3. The van der Waals surface area contributed by atoms with Gasteiger partial charge in [-0.2, -0.15) is 0 Å². The van der Waals surface area contributed by atoms with Crippen LogP contribution in [-0.4, -0.2) is 18.0 Å². The van der Waals surface area contributed by atoms with Crippen molar-refractivity contribution in [3.8, 4) is 17.2 Å². The zero-order valence-corrected chi connectivity index (χ0v) is 16.2. The Balaban J connectivity index is 1.54. The van der Waals surface area contributed by atoms with Gasteiger partial charge in [-0.05, 0) is 67.1 Å². The van der Waals surface area contributed by atoms with Crippen LogP contribution in [0.5, 0.6) is 17.2 Å². The number of hydrogen-bond acceptors (Lipinski definition) is 4.